The van der Waals surface area contributed by atoms with Gasteiger partial charge in [0.2, 0.25) is 0 Å². The zero-order valence-electron chi connectivity index (χ0n) is 12.5. The molecule has 0 amide bonds. The molecular weight excluding hydrogens is 282 g/mol. The van der Waals surface area contributed by atoms with Crippen molar-refractivity contribution in [3.63, 3.8) is 0 Å². The topological polar surface area (TPSA) is 38.3 Å². The summed E-state index contributed by atoms with van der Waals surface area (Å²) in [4.78, 5) is 13.1. The van der Waals surface area contributed by atoms with E-state index < -0.39 is 0 Å². The Morgan fingerprint density at radius 1 is 1.24 bits per heavy atom. The average molecular weight is 303 g/mol. The number of unbranched alkanes of at least 4 members (excludes halogenated alkanes) is 1. The highest BCUT2D eigenvalue weighted by molar-refractivity contribution is 7.10. The molecule has 1 aromatic carbocycles. The molecule has 0 aliphatic carbocycles. The van der Waals surface area contributed by atoms with Gasteiger partial charge in [-0.2, -0.15) is 0 Å². The fraction of sp³-hybridized carbons (Fsp3) is 0.353. The van der Waals surface area contributed by atoms with E-state index in [0.717, 1.165) is 25.1 Å². The summed E-state index contributed by atoms with van der Waals surface area (Å²) in [6.07, 6.45) is 1.93. The van der Waals surface area contributed by atoms with E-state index >= 15 is 0 Å². The Morgan fingerprint density at radius 2 is 2.00 bits per heavy atom. The summed E-state index contributed by atoms with van der Waals surface area (Å²) >= 11 is 1.75. The summed E-state index contributed by atoms with van der Waals surface area (Å²) in [5.41, 5.74) is 2.92. The minimum Gasteiger partial charge on any atom is -0.462 e. The normalized spacial score (nSPS) is 10.4. The van der Waals surface area contributed by atoms with E-state index in [1.165, 1.54) is 10.4 Å². The molecule has 0 fully saturated rings. The van der Waals surface area contributed by atoms with Crippen molar-refractivity contribution in [1.29, 1.82) is 0 Å². The Kier molecular flexibility index (Phi) is 5.81. The molecule has 1 heterocycles. The van der Waals surface area contributed by atoms with Crippen molar-refractivity contribution in [3.8, 4) is 0 Å². The van der Waals surface area contributed by atoms with Crippen LogP contribution in [0.3, 0.4) is 0 Å². The molecule has 2 rings (SSSR count). The van der Waals surface area contributed by atoms with Gasteiger partial charge in [-0.25, -0.2) is 4.79 Å². The van der Waals surface area contributed by atoms with Gasteiger partial charge in [0.05, 0.1) is 12.2 Å². The maximum Gasteiger partial charge on any atom is 0.338 e. The van der Waals surface area contributed by atoms with Gasteiger partial charge in [-0.05, 0) is 54.6 Å². The maximum atomic E-state index is 11.8. The van der Waals surface area contributed by atoms with Gasteiger partial charge in [0.25, 0.3) is 0 Å². The van der Waals surface area contributed by atoms with Crippen LogP contribution in [0.1, 0.15) is 40.6 Å². The first-order valence-corrected chi connectivity index (χ1v) is 8.12. The van der Waals surface area contributed by atoms with Crippen molar-refractivity contribution in [1.82, 2.24) is 0 Å². The van der Waals surface area contributed by atoms with Gasteiger partial charge in [-0.15, -0.1) is 11.3 Å². The van der Waals surface area contributed by atoms with Crippen LogP contribution in [-0.4, -0.2) is 12.6 Å². The first-order valence-electron chi connectivity index (χ1n) is 7.24. The smallest absolute Gasteiger partial charge is 0.338 e. The summed E-state index contributed by atoms with van der Waals surface area (Å²) in [6, 6.07) is 9.56. The van der Waals surface area contributed by atoms with Gasteiger partial charge in [-0.3, -0.25) is 0 Å². The molecule has 0 aliphatic heterocycles. The molecule has 0 radical (unpaired) electrons. The number of benzene rings is 1. The van der Waals surface area contributed by atoms with Crippen molar-refractivity contribution >= 4 is 23.0 Å². The van der Waals surface area contributed by atoms with E-state index in [0.29, 0.717) is 12.2 Å². The lowest BCUT2D eigenvalue weighted by Gasteiger charge is -2.07. The minimum absolute atomic E-state index is 0.246. The van der Waals surface area contributed by atoms with Crippen LogP contribution in [0.5, 0.6) is 0 Å². The molecule has 3 nitrogen and oxygen atoms in total. The predicted molar refractivity (Wildman–Crippen MR) is 88.0 cm³/mol. The summed E-state index contributed by atoms with van der Waals surface area (Å²) in [6.45, 7) is 5.49. The molecule has 0 unspecified atom stereocenters. The monoisotopic (exact) mass is 303 g/mol. The summed E-state index contributed by atoms with van der Waals surface area (Å²) in [5, 5.41) is 5.46. The summed E-state index contributed by atoms with van der Waals surface area (Å²) < 4.78 is 5.19. The molecule has 21 heavy (non-hydrogen) atoms. The Bertz CT molecular complexity index is 575. The molecule has 0 saturated heterocycles. The number of thiophene rings is 1. The largest absolute Gasteiger partial charge is 0.462 e. The van der Waals surface area contributed by atoms with Gasteiger partial charge in [0, 0.05) is 17.1 Å². The van der Waals surface area contributed by atoms with Crippen LogP contribution in [0.2, 0.25) is 0 Å². The fourth-order valence-electron chi connectivity index (χ4n) is 1.88. The van der Waals surface area contributed by atoms with E-state index in [1.54, 1.807) is 23.5 Å². The lowest BCUT2D eigenvalue weighted by Crippen LogP contribution is -2.06. The van der Waals surface area contributed by atoms with Gasteiger partial charge in [0.1, 0.15) is 0 Å². The third-order valence-corrected chi connectivity index (χ3v) is 4.30. The molecule has 1 N–H and O–H groups in total. The van der Waals surface area contributed by atoms with Gasteiger partial charge in [0.15, 0.2) is 0 Å². The quantitative estimate of drug-likeness (QED) is 0.599. The van der Waals surface area contributed by atoms with E-state index in [-0.39, 0.29) is 5.97 Å². The molecular formula is C17H21NO2S. The highest BCUT2D eigenvalue weighted by Gasteiger charge is 2.06. The Hall–Kier alpha value is -1.81. The number of ether oxygens (including phenoxy) is 1. The van der Waals surface area contributed by atoms with Crippen LogP contribution in [0.25, 0.3) is 0 Å². The highest BCUT2D eigenvalue weighted by atomic mass is 32.1. The lowest BCUT2D eigenvalue weighted by atomic mass is 10.2. The van der Waals surface area contributed by atoms with E-state index in [4.69, 9.17) is 4.74 Å². The number of hydrogen-bond donors (Lipinski definition) is 1. The molecule has 0 spiro atoms. The average Bonchev–Trinajstić information content (AvgIpc) is 2.91. The molecule has 0 atom stereocenters. The molecule has 112 valence electrons. The van der Waals surface area contributed by atoms with Gasteiger partial charge >= 0.3 is 5.97 Å². The van der Waals surface area contributed by atoms with Crippen LogP contribution < -0.4 is 5.32 Å². The molecule has 0 aliphatic rings. The van der Waals surface area contributed by atoms with Gasteiger partial charge < -0.3 is 10.1 Å². The Balaban J connectivity index is 1.87. The van der Waals surface area contributed by atoms with Crippen molar-refractivity contribution in [2.45, 2.75) is 33.2 Å². The summed E-state index contributed by atoms with van der Waals surface area (Å²) in [7, 11) is 0. The van der Waals surface area contributed by atoms with E-state index in [2.05, 4.69) is 30.6 Å². The molecule has 1 aromatic heterocycles. The number of nitrogens with one attached hydrogen (secondary N) is 1. The maximum absolute atomic E-state index is 11.8. The number of carbonyl (C=O) groups is 1. The standard InChI is InChI=1S/C17H21NO2S/c1-3-4-10-20-17(19)14-5-7-15(8-6-14)18-12-16-13(2)9-11-21-16/h5-9,11,18H,3-4,10,12H2,1-2H3. The lowest BCUT2D eigenvalue weighted by molar-refractivity contribution is 0.0500. The van der Waals surface area contributed by atoms with Crippen LogP contribution in [0.4, 0.5) is 5.69 Å². The molecule has 2 aromatic rings. The number of aryl methyl sites for hydroxylation is 1. The first-order chi connectivity index (χ1) is 10.2. The number of rotatable bonds is 7. The van der Waals surface area contributed by atoms with Crippen LogP contribution >= 0.6 is 11.3 Å². The van der Waals surface area contributed by atoms with Crippen molar-refractivity contribution in [3.05, 3.63) is 51.7 Å². The SMILES string of the molecule is CCCCOC(=O)c1ccc(NCc2sccc2C)cc1. The summed E-state index contributed by atoms with van der Waals surface area (Å²) in [5.74, 6) is -0.246. The third kappa shape index (κ3) is 4.60. The molecule has 4 heteroatoms. The molecule has 0 bridgehead atoms. The minimum atomic E-state index is -0.246. The van der Waals surface area contributed by atoms with Crippen LogP contribution in [-0.2, 0) is 11.3 Å². The fourth-order valence-corrected chi connectivity index (χ4v) is 2.73. The second-order valence-electron chi connectivity index (χ2n) is 4.95. The third-order valence-electron chi connectivity index (χ3n) is 3.27. The second kappa shape index (κ2) is 7.84. The number of esters is 1. The highest BCUT2D eigenvalue weighted by Crippen LogP contribution is 2.18. The van der Waals surface area contributed by atoms with E-state index in [9.17, 15) is 4.79 Å². The predicted octanol–water partition coefficient (Wildman–Crippen LogP) is 4.63. The second-order valence-corrected chi connectivity index (χ2v) is 5.95. The zero-order chi connectivity index (χ0) is 15.1. The molecule has 0 saturated carbocycles. The van der Waals surface area contributed by atoms with Crippen LogP contribution in [0.15, 0.2) is 35.7 Å². The zero-order valence-corrected chi connectivity index (χ0v) is 13.3. The van der Waals surface area contributed by atoms with Crippen molar-refractivity contribution in [2.24, 2.45) is 0 Å². The number of anilines is 1. The first kappa shape index (κ1) is 15.6. The number of hydrogen-bond acceptors (Lipinski definition) is 4. The Morgan fingerprint density at radius 3 is 2.62 bits per heavy atom. The Labute approximate surface area is 130 Å². The van der Waals surface area contributed by atoms with Crippen LogP contribution in [0, 0.1) is 6.92 Å². The van der Waals surface area contributed by atoms with E-state index in [1.807, 2.05) is 12.1 Å². The number of carbonyl (C=O) groups excluding carboxylic acids is 1. The van der Waals surface area contributed by atoms with Crippen molar-refractivity contribution in [2.75, 3.05) is 11.9 Å². The van der Waals surface area contributed by atoms with Gasteiger partial charge in [-0.1, -0.05) is 13.3 Å². The van der Waals surface area contributed by atoms with Crippen molar-refractivity contribution < 1.29 is 9.53 Å².